The van der Waals surface area contributed by atoms with Crippen LogP contribution in [0.2, 0.25) is 5.02 Å². The molecule has 3 nitrogen and oxygen atoms in total. The van der Waals surface area contributed by atoms with E-state index in [1.807, 2.05) is 24.3 Å². The first-order valence-corrected chi connectivity index (χ1v) is 9.46. The lowest BCUT2D eigenvalue weighted by atomic mass is 9.68. The minimum atomic E-state index is -0.0828. The maximum atomic E-state index is 6.45. The first-order chi connectivity index (χ1) is 12.0. The number of halogens is 1. The van der Waals surface area contributed by atoms with Gasteiger partial charge in [-0.25, -0.2) is 0 Å². The molecular formula is C21H28ClNO2. The summed E-state index contributed by atoms with van der Waals surface area (Å²) in [4.78, 5) is 0. The van der Waals surface area contributed by atoms with Crippen LogP contribution in [0.5, 0.6) is 0 Å². The quantitative estimate of drug-likeness (QED) is 0.685. The fourth-order valence-electron chi connectivity index (χ4n) is 4.06. The van der Waals surface area contributed by atoms with Gasteiger partial charge in [-0.2, -0.15) is 0 Å². The van der Waals surface area contributed by atoms with Crippen molar-refractivity contribution >= 4 is 11.6 Å². The fraction of sp³-hybridized carbons (Fsp3) is 0.524. The summed E-state index contributed by atoms with van der Waals surface area (Å²) in [7, 11) is 0. The van der Waals surface area contributed by atoms with Crippen LogP contribution in [0.1, 0.15) is 44.4 Å². The van der Waals surface area contributed by atoms with E-state index in [1.165, 1.54) is 5.56 Å². The Kier molecular flexibility index (Phi) is 5.88. The van der Waals surface area contributed by atoms with Gasteiger partial charge in [-0.1, -0.05) is 29.8 Å². The molecule has 0 radical (unpaired) electrons. The van der Waals surface area contributed by atoms with Gasteiger partial charge in [-0.05, 0) is 75.3 Å². The van der Waals surface area contributed by atoms with Crippen molar-refractivity contribution in [1.29, 1.82) is 0 Å². The molecule has 136 valence electrons. The van der Waals surface area contributed by atoms with Crippen LogP contribution in [0, 0.1) is 5.41 Å². The largest absolute Gasteiger partial charge is 0.468 e. The third-order valence-corrected chi connectivity index (χ3v) is 5.53. The van der Waals surface area contributed by atoms with Gasteiger partial charge in [0.25, 0.3) is 0 Å². The average molecular weight is 362 g/mol. The zero-order valence-electron chi connectivity index (χ0n) is 15.2. The third-order valence-electron chi connectivity index (χ3n) is 5.16. The van der Waals surface area contributed by atoms with E-state index in [0.29, 0.717) is 0 Å². The number of hydrogen-bond donors (Lipinski definition) is 1. The van der Waals surface area contributed by atoms with E-state index in [2.05, 4.69) is 31.3 Å². The summed E-state index contributed by atoms with van der Waals surface area (Å²) >= 11 is 6.45. The SMILES string of the molecule is CC1(C)C[C@@](CCNCc2ccco2)(Cc2ccccc2Cl)CCO1. The standard InChI is InChI=1S/C21H28ClNO2/c1-20(2)16-21(10-13-25-20,14-17-6-3-4-8-19(17)22)9-11-23-15-18-7-5-12-24-18/h3-8,12,23H,9-11,13-16H2,1-2H3/t21-/m1/s1. The highest BCUT2D eigenvalue weighted by atomic mass is 35.5. The highest BCUT2D eigenvalue weighted by Gasteiger charge is 2.40. The topological polar surface area (TPSA) is 34.4 Å². The van der Waals surface area contributed by atoms with Crippen molar-refractivity contribution < 1.29 is 9.15 Å². The Morgan fingerprint density at radius 1 is 1.16 bits per heavy atom. The first kappa shape index (κ1) is 18.5. The van der Waals surface area contributed by atoms with Gasteiger partial charge in [-0.15, -0.1) is 0 Å². The Hall–Kier alpha value is -1.29. The summed E-state index contributed by atoms with van der Waals surface area (Å²) in [6.45, 7) is 6.94. The number of hydrogen-bond acceptors (Lipinski definition) is 3. The summed E-state index contributed by atoms with van der Waals surface area (Å²) in [5.41, 5.74) is 1.37. The van der Waals surface area contributed by atoms with Gasteiger partial charge in [0.2, 0.25) is 0 Å². The third kappa shape index (κ3) is 5.10. The molecule has 0 amide bonds. The maximum Gasteiger partial charge on any atom is 0.117 e. The monoisotopic (exact) mass is 361 g/mol. The molecule has 1 aliphatic heterocycles. The molecule has 0 saturated carbocycles. The minimum absolute atomic E-state index is 0.0828. The van der Waals surface area contributed by atoms with Crippen LogP contribution in [0.25, 0.3) is 0 Å². The molecule has 0 unspecified atom stereocenters. The second-order valence-corrected chi connectivity index (χ2v) is 8.22. The first-order valence-electron chi connectivity index (χ1n) is 9.09. The van der Waals surface area contributed by atoms with Crippen molar-refractivity contribution in [2.75, 3.05) is 13.2 Å². The van der Waals surface area contributed by atoms with Gasteiger partial charge in [0.05, 0.1) is 18.4 Å². The lowest BCUT2D eigenvalue weighted by Gasteiger charge is -2.45. The molecule has 2 heterocycles. The predicted octanol–water partition coefficient (Wildman–Crippen LogP) is 5.23. The van der Waals surface area contributed by atoms with Crippen molar-refractivity contribution in [3.8, 4) is 0 Å². The van der Waals surface area contributed by atoms with Gasteiger partial charge in [0, 0.05) is 11.6 Å². The zero-order valence-corrected chi connectivity index (χ0v) is 15.9. The van der Waals surface area contributed by atoms with E-state index in [9.17, 15) is 0 Å². The molecule has 0 spiro atoms. The summed E-state index contributed by atoms with van der Waals surface area (Å²) < 4.78 is 11.4. The van der Waals surface area contributed by atoms with Crippen molar-refractivity contribution in [3.63, 3.8) is 0 Å². The van der Waals surface area contributed by atoms with E-state index in [4.69, 9.17) is 20.8 Å². The van der Waals surface area contributed by atoms with Gasteiger partial charge in [-0.3, -0.25) is 0 Å². The number of rotatable bonds is 7. The molecule has 25 heavy (non-hydrogen) atoms. The number of ether oxygens (including phenoxy) is 1. The van der Waals surface area contributed by atoms with Crippen LogP contribution < -0.4 is 5.32 Å². The summed E-state index contributed by atoms with van der Waals surface area (Å²) in [6.07, 6.45) is 5.95. The molecule has 1 fully saturated rings. The minimum Gasteiger partial charge on any atom is -0.468 e. The van der Waals surface area contributed by atoms with E-state index in [1.54, 1.807) is 6.26 Å². The molecule has 2 aromatic rings. The predicted molar refractivity (Wildman–Crippen MR) is 102 cm³/mol. The van der Waals surface area contributed by atoms with Crippen molar-refractivity contribution in [1.82, 2.24) is 5.32 Å². The normalized spacial score (nSPS) is 22.8. The summed E-state index contributed by atoms with van der Waals surface area (Å²) in [6, 6.07) is 12.2. The maximum absolute atomic E-state index is 6.45. The van der Waals surface area contributed by atoms with Gasteiger partial charge in [0.1, 0.15) is 5.76 Å². The number of nitrogens with one attached hydrogen (secondary N) is 1. The Morgan fingerprint density at radius 2 is 2.00 bits per heavy atom. The van der Waals surface area contributed by atoms with Crippen molar-refractivity contribution in [2.45, 2.75) is 51.7 Å². The molecule has 3 rings (SSSR count). The molecular weight excluding hydrogens is 334 g/mol. The second kappa shape index (κ2) is 7.94. The molecule has 1 aromatic heterocycles. The van der Waals surface area contributed by atoms with Crippen molar-refractivity contribution in [3.05, 3.63) is 59.0 Å². The second-order valence-electron chi connectivity index (χ2n) is 7.81. The highest BCUT2D eigenvalue weighted by molar-refractivity contribution is 6.31. The molecule has 0 bridgehead atoms. The Labute approximate surface area is 155 Å². The lowest BCUT2D eigenvalue weighted by Crippen LogP contribution is -2.43. The summed E-state index contributed by atoms with van der Waals surface area (Å²) in [5, 5.41) is 4.39. The van der Waals surface area contributed by atoms with E-state index in [0.717, 1.165) is 56.2 Å². The molecule has 1 N–H and O–H groups in total. The zero-order chi connectivity index (χ0) is 17.8. The van der Waals surface area contributed by atoms with Gasteiger partial charge in [0.15, 0.2) is 0 Å². The van der Waals surface area contributed by atoms with E-state index < -0.39 is 0 Å². The van der Waals surface area contributed by atoms with Crippen LogP contribution in [0.3, 0.4) is 0 Å². The van der Waals surface area contributed by atoms with Crippen molar-refractivity contribution in [2.24, 2.45) is 5.41 Å². The fourth-order valence-corrected chi connectivity index (χ4v) is 4.27. The number of furan rings is 1. The van der Waals surface area contributed by atoms with Crippen LogP contribution >= 0.6 is 11.6 Å². The molecule has 1 aromatic carbocycles. The van der Waals surface area contributed by atoms with Crippen LogP contribution in [-0.2, 0) is 17.7 Å². The smallest absolute Gasteiger partial charge is 0.117 e. The van der Waals surface area contributed by atoms with Gasteiger partial charge >= 0.3 is 0 Å². The van der Waals surface area contributed by atoms with Crippen LogP contribution in [0.4, 0.5) is 0 Å². The lowest BCUT2D eigenvalue weighted by molar-refractivity contribution is -0.107. The van der Waals surface area contributed by atoms with Gasteiger partial charge < -0.3 is 14.5 Å². The molecule has 1 saturated heterocycles. The molecule has 4 heteroatoms. The summed E-state index contributed by atoms with van der Waals surface area (Å²) in [5.74, 6) is 0.979. The van der Waals surface area contributed by atoms with Crippen LogP contribution in [0.15, 0.2) is 47.1 Å². The van der Waals surface area contributed by atoms with E-state index in [-0.39, 0.29) is 11.0 Å². The van der Waals surface area contributed by atoms with E-state index >= 15 is 0 Å². The average Bonchev–Trinajstić information content (AvgIpc) is 3.06. The van der Waals surface area contributed by atoms with Crippen LogP contribution in [-0.4, -0.2) is 18.8 Å². The number of benzene rings is 1. The Balaban J connectivity index is 1.67. The Bertz CT molecular complexity index is 668. The molecule has 1 aliphatic rings. The molecule has 0 aliphatic carbocycles. The highest BCUT2D eigenvalue weighted by Crippen LogP contribution is 2.44. The Morgan fingerprint density at radius 3 is 2.72 bits per heavy atom. The molecule has 1 atom stereocenters.